The first-order chi connectivity index (χ1) is 18.3. The molecule has 1 aliphatic heterocycles. The number of thiophene rings is 1. The molecular weight excluding hydrogens is 494 g/mol. The van der Waals surface area contributed by atoms with Crippen molar-refractivity contribution in [1.82, 2.24) is 4.90 Å². The second-order valence-corrected chi connectivity index (χ2v) is 12.0. The summed E-state index contributed by atoms with van der Waals surface area (Å²) < 4.78 is 0. The first kappa shape index (κ1) is 26.2. The van der Waals surface area contributed by atoms with Crippen LogP contribution in [0.25, 0.3) is 5.57 Å². The number of aromatic carboxylic acids is 1. The summed E-state index contributed by atoms with van der Waals surface area (Å²) in [5.74, 6) is -0.971. The summed E-state index contributed by atoms with van der Waals surface area (Å²) in [6.07, 6.45) is 3.33. The Kier molecular flexibility index (Phi) is 7.68. The monoisotopic (exact) mass is 529 g/mol. The highest BCUT2D eigenvalue weighted by Crippen LogP contribution is 2.45. The van der Waals surface area contributed by atoms with E-state index in [0.29, 0.717) is 11.1 Å². The number of carbonyl (C=O) groups excluding carboxylic acids is 1. The van der Waals surface area contributed by atoms with E-state index in [1.165, 1.54) is 22.4 Å². The lowest BCUT2D eigenvalue weighted by Crippen LogP contribution is -2.47. The Morgan fingerprint density at radius 3 is 2.37 bits per heavy atom. The molecule has 1 aromatic heterocycles. The zero-order chi connectivity index (χ0) is 26.7. The van der Waals surface area contributed by atoms with Gasteiger partial charge in [-0.2, -0.15) is 0 Å². The standard InChI is InChI=1S/C31H35N3O3S/c1-31(2)13-12-24(20-33-14-16-34(17-15-33)26-10-8-23(9-11-26)30(36)37)27(19-31)28-18-25(21-38-28)32-29(35)22-6-4-3-5-7-22/h3-11,18,21H,12-17,19-20H2,1-2H3,(H,32,35)(H,36,37). The van der Waals surface area contributed by atoms with Crippen molar-refractivity contribution in [2.75, 3.05) is 42.9 Å². The zero-order valence-electron chi connectivity index (χ0n) is 22.1. The number of amides is 1. The van der Waals surface area contributed by atoms with Gasteiger partial charge in [0.25, 0.3) is 5.91 Å². The van der Waals surface area contributed by atoms with Crippen LogP contribution in [0.1, 0.15) is 58.7 Å². The molecule has 0 radical (unpaired) electrons. The Morgan fingerprint density at radius 1 is 0.974 bits per heavy atom. The van der Waals surface area contributed by atoms with Gasteiger partial charge in [-0.25, -0.2) is 4.79 Å². The van der Waals surface area contributed by atoms with Crippen LogP contribution in [0.3, 0.4) is 0 Å². The van der Waals surface area contributed by atoms with E-state index in [1.54, 1.807) is 23.5 Å². The second-order valence-electron chi connectivity index (χ2n) is 11.1. The third kappa shape index (κ3) is 6.17. The molecule has 1 amide bonds. The molecule has 2 aromatic carbocycles. The molecule has 0 saturated carbocycles. The molecule has 7 heteroatoms. The first-order valence-electron chi connectivity index (χ1n) is 13.2. The van der Waals surface area contributed by atoms with Gasteiger partial charge in [0.15, 0.2) is 0 Å². The number of anilines is 2. The molecule has 0 atom stereocenters. The molecule has 3 aromatic rings. The molecule has 2 aliphatic rings. The highest BCUT2D eigenvalue weighted by Gasteiger charge is 2.30. The molecule has 0 spiro atoms. The molecule has 5 rings (SSSR count). The molecule has 0 unspecified atom stereocenters. The summed E-state index contributed by atoms with van der Waals surface area (Å²) in [6.45, 7) is 9.48. The highest BCUT2D eigenvalue weighted by molar-refractivity contribution is 7.11. The minimum absolute atomic E-state index is 0.0800. The second kappa shape index (κ2) is 11.1. The number of hydrogen-bond donors (Lipinski definition) is 2. The molecule has 1 fully saturated rings. The molecule has 2 N–H and O–H groups in total. The number of carboxylic acid groups (broad SMARTS) is 1. The van der Waals surface area contributed by atoms with Crippen LogP contribution in [-0.2, 0) is 0 Å². The largest absolute Gasteiger partial charge is 0.478 e. The van der Waals surface area contributed by atoms with E-state index in [1.807, 2.05) is 42.5 Å². The fourth-order valence-electron chi connectivity index (χ4n) is 5.37. The van der Waals surface area contributed by atoms with Crippen LogP contribution >= 0.6 is 11.3 Å². The molecular formula is C31H35N3O3S. The number of carboxylic acids is 1. The van der Waals surface area contributed by atoms with Crippen molar-refractivity contribution in [1.29, 1.82) is 0 Å². The average Bonchev–Trinajstić information content (AvgIpc) is 3.39. The molecule has 0 bridgehead atoms. The van der Waals surface area contributed by atoms with Gasteiger partial charge in [0.05, 0.1) is 11.3 Å². The summed E-state index contributed by atoms with van der Waals surface area (Å²) in [5.41, 5.74) is 6.15. The number of piperazine rings is 1. The summed E-state index contributed by atoms with van der Waals surface area (Å²) in [4.78, 5) is 29.9. The van der Waals surface area contributed by atoms with E-state index >= 15 is 0 Å². The Labute approximate surface area is 228 Å². The highest BCUT2D eigenvalue weighted by atomic mass is 32.1. The summed E-state index contributed by atoms with van der Waals surface area (Å²) in [5, 5.41) is 14.3. The van der Waals surface area contributed by atoms with Gasteiger partial charge in [-0.15, -0.1) is 11.3 Å². The normalized spacial score (nSPS) is 17.9. The summed E-state index contributed by atoms with van der Waals surface area (Å²) in [6, 6.07) is 18.7. The molecule has 2 heterocycles. The van der Waals surface area contributed by atoms with Gasteiger partial charge in [-0.3, -0.25) is 9.69 Å². The van der Waals surface area contributed by atoms with E-state index < -0.39 is 5.97 Å². The maximum Gasteiger partial charge on any atom is 0.335 e. The minimum Gasteiger partial charge on any atom is -0.478 e. The number of rotatable bonds is 7. The SMILES string of the molecule is CC1(C)CCC(CN2CCN(c3ccc(C(=O)O)cc3)CC2)=C(c2cc(NC(=O)c3ccccc3)cs2)C1. The van der Waals surface area contributed by atoms with Gasteiger partial charge in [0.1, 0.15) is 0 Å². The topological polar surface area (TPSA) is 72.9 Å². The average molecular weight is 530 g/mol. The minimum atomic E-state index is -0.891. The van der Waals surface area contributed by atoms with Crippen molar-refractivity contribution in [2.45, 2.75) is 33.1 Å². The van der Waals surface area contributed by atoms with Crippen LogP contribution < -0.4 is 10.2 Å². The van der Waals surface area contributed by atoms with Crippen LogP contribution in [0, 0.1) is 5.41 Å². The maximum atomic E-state index is 12.7. The van der Waals surface area contributed by atoms with Gasteiger partial charge in [0, 0.05) is 54.2 Å². The lowest BCUT2D eigenvalue weighted by Gasteiger charge is -2.39. The molecule has 1 aliphatic carbocycles. The first-order valence-corrected chi connectivity index (χ1v) is 14.1. The summed E-state index contributed by atoms with van der Waals surface area (Å²) in [7, 11) is 0. The predicted molar refractivity (Wildman–Crippen MR) is 155 cm³/mol. The van der Waals surface area contributed by atoms with Crippen molar-refractivity contribution < 1.29 is 14.7 Å². The Hall–Kier alpha value is -3.42. The van der Waals surface area contributed by atoms with E-state index in [9.17, 15) is 9.59 Å². The Balaban J connectivity index is 1.26. The van der Waals surface area contributed by atoms with Crippen molar-refractivity contribution >= 4 is 40.2 Å². The van der Waals surface area contributed by atoms with E-state index in [-0.39, 0.29) is 11.3 Å². The number of benzene rings is 2. The fourth-order valence-corrected chi connectivity index (χ4v) is 6.30. The van der Waals surface area contributed by atoms with E-state index in [0.717, 1.165) is 56.9 Å². The quantitative estimate of drug-likeness (QED) is 0.366. The van der Waals surface area contributed by atoms with Gasteiger partial charge >= 0.3 is 5.97 Å². The Bertz CT molecular complexity index is 1320. The van der Waals surface area contributed by atoms with Crippen LogP contribution in [-0.4, -0.2) is 54.6 Å². The predicted octanol–water partition coefficient (Wildman–Crippen LogP) is 6.48. The summed E-state index contributed by atoms with van der Waals surface area (Å²) >= 11 is 1.72. The maximum absolute atomic E-state index is 12.7. The Morgan fingerprint density at radius 2 is 1.68 bits per heavy atom. The number of nitrogens with one attached hydrogen (secondary N) is 1. The molecule has 1 saturated heterocycles. The third-order valence-corrected chi connectivity index (χ3v) is 8.63. The molecule has 6 nitrogen and oxygen atoms in total. The zero-order valence-corrected chi connectivity index (χ0v) is 22.9. The van der Waals surface area contributed by atoms with Gasteiger partial charge < -0.3 is 15.3 Å². The lowest BCUT2D eigenvalue weighted by atomic mass is 9.74. The molecule has 38 heavy (non-hydrogen) atoms. The lowest BCUT2D eigenvalue weighted by molar-refractivity contribution is 0.0696. The van der Waals surface area contributed by atoms with Crippen LogP contribution in [0.2, 0.25) is 0 Å². The van der Waals surface area contributed by atoms with Gasteiger partial charge in [0.2, 0.25) is 0 Å². The van der Waals surface area contributed by atoms with Crippen molar-refractivity contribution in [3.63, 3.8) is 0 Å². The van der Waals surface area contributed by atoms with Gasteiger partial charge in [-0.05, 0) is 72.7 Å². The van der Waals surface area contributed by atoms with Crippen molar-refractivity contribution in [2.24, 2.45) is 5.41 Å². The van der Waals surface area contributed by atoms with Crippen LogP contribution in [0.4, 0.5) is 11.4 Å². The van der Waals surface area contributed by atoms with Crippen LogP contribution in [0.5, 0.6) is 0 Å². The number of allylic oxidation sites excluding steroid dienone is 1. The fraction of sp³-hybridized carbons (Fsp3) is 0.355. The van der Waals surface area contributed by atoms with E-state index in [4.69, 9.17) is 5.11 Å². The smallest absolute Gasteiger partial charge is 0.335 e. The van der Waals surface area contributed by atoms with Crippen molar-refractivity contribution in [3.05, 3.63) is 87.6 Å². The van der Waals surface area contributed by atoms with Crippen LogP contribution in [0.15, 0.2) is 71.6 Å². The third-order valence-electron chi connectivity index (χ3n) is 7.64. The van der Waals surface area contributed by atoms with Crippen molar-refractivity contribution in [3.8, 4) is 0 Å². The number of hydrogen-bond acceptors (Lipinski definition) is 5. The molecule has 198 valence electrons. The van der Waals surface area contributed by atoms with E-state index in [2.05, 4.69) is 40.4 Å². The number of nitrogens with zero attached hydrogens (tertiary/aromatic N) is 2. The van der Waals surface area contributed by atoms with Gasteiger partial charge in [-0.1, -0.05) is 37.6 Å². The number of carbonyl (C=O) groups is 2.